The molecule has 3 aromatic heterocycles. The Hall–Kier alpha value is -3.44. The Morgan fingerprint density at radius 2 is 1.77 bits per heavy atom. The van der Waals surface area contributed by atoms with E-state index in [9.17, 15) is 8.42 Å². The average molecular weight is 543 g/mol. The summed E-state index contributed by atoms with van der Waals surface area (Å²) in [7, 11) is -3.15. The summed E-state index contributed by atoms with van der Waals surface area (Å²) in [5, 5.41) is 10.9. The summed E-state index contributed by atoms with van der Waals surface area (Å²) in [4.78, 5) is 12.2. The lowest BCUT2D eigenvalue weighted by Crippen LogP contribution is -2.33. The third kappa shape index (κ3) is 5.51. The molecule has 0 radical (unpaired) electrons. The molecule has 0 bridgehead atoms. The smallest absolute Gasteiger partial charge is 0.153 e. The van der Waals surface area contributed by atoms with Crippen LogP contribution in [0.25, 0.3) is 21.9 Å². The summed E-state index contributed by atoms with van der Waals surface area (Å²) in [6.45, 7) is 0.595. The molecule has 202 valence electrons. The van der Waals surface area contributed by atoms with Crippen LogP contribution >= 0.6 is 0 Å². The van der Waals surface area contributed by atoms with E-state index in [4.69, 9.17) is 10.00 Å². The number of hydrogen-bond acceptors (Lipinski definition) is 6. The molecular weight excluding hydrogens is 508 g/mol. The fourth-order valence-electron chi connectivity index (χ4n) is 6.76. The Kier molecular flexibility index (Phi) is 7.26. The first kappa shape index (κ1) is 25.8. The number of aromatic nitrogens is 3. The molecular formula is C31H34N4O3S. The Labute approximate surface area is 229 Å². The van der Waals surface area contributed by atoms with Crippen LogP contribution in [0.3, 0.4) is 0 Å². The molecule has 4 aromatic rings. The predicted molar refractivity (Wildman–Crippen MR) is 152 cm³/mol. The van der Waals surface area contributed by atoms with Crippen molar-refractivity contribution < 1.29 is 13.2 Å². The highest BCUT2D eigenvalue weighted by atomic mass is 32.2. The quantitative estimate of drug-likeness (QED) is 0.293. The van der Waals surface area contributed by atoms with E-state index in [1.807, 2.05) is 30.7 Å². The zero-order valence-corrected chi connectivity index (χ0v) is 22.9. The number of fused-ring (bicyclic) bond motifs is 3. The van der Waals surface area contributed by atoms with Crippen molar-refractivity contribution in [1.29, 1.82) is 5.26 Å². The van der Waals surface area contributed by atoms with Crippen molar-refractivity contribution in [2.45, 2.75) is 62.5 Å². The average Bonchev–Trinajstić information content (AvgIpc) is 3.46. The number of ether oxygens (including phenoxy) is 1. The third-order valence-corrected chi connectivity index (χ3v) is 11.2. The van der Waals surface area contributed by atoms with Gasteiger partial charge in [-0.3, -0.25) is 4.98 Å². The van der Waals surface area contributed by atoms with Crippen LogP contribution in [0.4, 0.5) is 0 Å². The van der Waals surface area contributed by atoms with Crippen molar-refractivity contribution in [3.8, 4) is 11.8 Å². The third-order valence-electron chi connectivity index (χ3n) is 8.77. The molecule has 2 aliphatic carbocycles. The fourth-order valence-corrected chi connectivity index (χ4v) is 8.98. The van der Waals surface area contributed by atoms with E-state index in [0.29, 0.717) is 29.8 Å². The molecule has 0 saturated heterocycles. The lowest BCUT2D eigenvalue weighted by molar-refractivity contribution is 0.183. The number of benzene rings is 1. The molecule has 39 heavy (non-hydrogen) atoms. The van der Waals surface area contributed by atoms with Crippen molar-refractivity contribution in [3.05, 3.63) is 66.1 Å². The Morgan fingerprint density at radius 1 is 0.974 bits per heavy atom. The van der Waals surface area contributed by atoms with Gasteiger partial charge in [0.05, 0.1) is 41.0 Å². The van der Waals surface area contributed by atoms with Crippen LogP contribution in [0.2, 0.25) is 0 Å². The summed E-state index contributed by atoms with van der Waals surface area (Å²) in [6.07, 6.45) is 12.8. The van der Waals surface area contributed by atoms with E-state index in [1.54, 1.807) is 12.1 Å². The molecule has 1 aromatic carbocycles. The van der Waals surface area contributed by atoms with E-state index in [2.05, 4.69) is 33.2 Å². The second kappa shape index (κ2) is 11.0. The maximum atomic E-state index is 13.5. The molecule has 0 spiro atoms. The number of nitrogens with zero attached hydrogens (tertiary/aromatic N) is 3. The predicted octanol–water partition coefficient (Wildman–Crippen LogP) is 6.31. The van der Waals surface area contributed by atoms with Crippen LogP contribution in [-0.2, 0) is 9.84 Å². The standard InChI is InChI=1S/C31H34N4O3S/c32-17-21-4-8-25(9-5-21)38-19-22-2-1-3-23(16-22)20-39(36,37)26-10-6-24(7-11-26)27-12-14-33-29-18-35-31-28(30(27)29)13-15-34-31/h4-5,8-9,12-15,18,22-24,26H,1-3,6-7,10-11,16,19-20H2,(H,34,35). The number of pyridine rings is 2. The first-order valence-corrected chi connectivity index (χ1v) is 15.8. The minimum atomic E-state index is -3.15. The van der Waals surface area contributed by atoms with Crippen LogP contribution in [0.5, 0.6) is 5.75 Å². The van der Waals surface area contributed by atoms with E-state index in [-0.39, 0.29) is 11.2 Å². The summed E-state index contributed by atoms with van der Waals surface area (Å²) in [5.74, 6) is 1.96. The minimum Gasteiger partial charge on any atom is -0.493 e. The number of aromatic amines is 1. The first-order chi connectivity index (χ1) is 19.0. The normalized spacial score (nSPS) is 24.0. The van der Waals surface area contributed by atoms with Gasteiger partial charge in [-0.05, 0) is 105 Å². The Morgan fingerprint density at radius 3 is 2.56 bits per heavy atom. The van der Waals surface area contributed by atoms with Crippen LogP contribution < -0.4 is 4.74 Å². The largest absolute Gasteiger partial charge is 0.493 e. The fraction of sp³-hybridized carbons (Fsp3) is 0.452. The molecule has 2 unspecified atom stereocenters. The highest BCUT2D eigenvalue weighted by Gasteiger charge is 2.35. The van der Waals surface area contributed by atoms with Gasteiger partial charge in [-0.15, -0.1) is 0 Å². The Balaban J connectivity index is 1.06. The monoisotopic (exact) mass is 542 g/mol. The van der Waals surface area contributed by atoms with Gasteiger partial charge in [-0.1, -0.05) is 6.42 Å². The molecule has 1 N–H and O–H groups in total. The highest BCUT2D eigenvalue weighted by Crippen LogP contribution is 2.40. The molecule has 6 rings (SSSR count). The van der Waals surface area contributed by atoms with Crippen LogP contribution in [-0.4, -0.2) is 41.0 Å². The van der Waals surface area contributed by atoms with Gasteiger partial charge in [0.25, 0.3) is 0 Å². The van der Waals surface area contributed by atoms with Gasteiger partial charge in [0.2, 0.25) is 0 Å². The molecule has 0 aliphatic heterocycles. The summed E-state index contributed by atoms with van der Waals surface area (Å²) < 4.78 is 33.0. The molecule has 3 heterocycles. The van der Waals surface area contributed by atoms with E-state index >= 15 is 0 Å². The summed E-state index contributed by atoms with van der Waals surface area (Å²) in [6, 6.07) is 13.5. The van der Waals surface area contributed by atoms with Crippen LogP contribution in [0, 0.1) is 23.2 Å². The zero-order valence-electron chi connectivity index (χ0n) is 22.1. The second-order valence-electron chi connectivity index (χ2n) is 11.3. The number of nitriles is 1. The van der Waals surface area contributed by atoms with Gasteiger partial charge in [0.1, 0.15) is 11.4 Å². The molecule has 2 atom stereocenters. The molecule has 0 amide bonds. The van der Waals surface area contributed by atoms with Crippen LogP contribution in [0.1, 0.15) is 68.4 Å². The maximum absolute atomic E-state index is 13.5. The number of H-pyrrole nitrogens is 1. The lowest BCUT2D eigenvalue weighted by Gasteiger charge is -2.32. The number of nitrogens with one attached hydrogen (secondary N) is 1. The highest BCUT2D eigenvalue weighted by molar-refractivity contribution is 7.92. The molecule has 2 aliphatic rings. The number of hydrogen-bond donors (Lipinski definition) is 1. The zero-order chi connectivity index (χ0) is 26.8. The van der Waals surface area contributed by atoms with Gasteiger partial charge in [-0.25, -0.2) is 13.4 Å². The van der Waals surface area contributed by atoms with Crippen molar-refractivity contribution in [2.75, 3.05) is 12.4 Å². The van der Waals surface area contributed by atoms with Gasteiger partial charge < -0.3 is 9.72 Å². The van der Waals surface area contributed by atoms with Gasteiger partial charge in [0, 0.05) is 23.2 Å². The minimum absolute atomic E-state index is 0.203. The van der Waals surface area contributed by atoms with Crippen LogP contribution in [0.15, 0.2) is 55.0 Å². The van der Waals surface area contributed by atoms with Crippen molar-refractivity contribution in [1.82, 2.24) is 15.0 Å². The molecule has 2 fully saturated rings. The van der Waals surface area contributed by atoms with Gasteiger partial charge in [0.15, 0.2) is 9.84 Å². The SMILES string of the molecule is N#Cc1ccc(OCC2CCCC(CS(=O)(=O)C3CCC(c4ccnc5cnc6[nH]ccc6c45)CC3)C2)cc1. The molecule has 8 heteroatoms. The van der Waals surface area contributed by atoms with E-state index < -0.39 is 9.84 Å². The number of sulfone groups is 1. The topological polar surface area (TPSA) is 109 Å². The van der Waals surface area contributed by atoms with Crippen molar-refractivity contribution in [3.63, 3.8) is 0 Å². The van der Waals surface area contributed by atoms with E-state index in [1.165, 1.54) is 5.56 Å². The van der Waals surface area contributed by atoms with Gasteiger partial charge in [-0.2, -0.15) is 5.26 Å². The second-order valence-corrected chi connectivity index (χ2v) is 13.6. The molecule has 7 nitrogen and oxygen atoms in total. The van der Waals surface area contributed by atoms with Crippen molar-refractivity contribution in [2.24, 2.45) is 11.8 Å². The van der Waals surface area contributed by atoms with Crippen molar-refractivity contribution >= 4 is 31.8 Å². The first-order valence-electron chi connectivity index (χ1n) is 14.1. The molecule has 2 saturated carbocycles. The Bertz CT molecular complexity index is 1600. The lowest BCUT2D eigenvalue weighted by atomic mass is 9.82. The summed E-state index contributed by atoms with van der Waals surface area (Å²) >= 11 is 0. The maximum Gasteiger partial charge on any atom is 0.153 e. The van der Waals surface area contributed by atoms with E-state index in [0.717, 1.165) is 79.1 Å². The number of rotatable bonds is 7. The van der Waals surface area contributed by atoms with Gasteiger partial charge >= 0.3 is 0 Å². The summed E-state index contributed by atoms with van der Waals surface area (Å²) in [5.41, 5.74) is 3.63.